The second-order valence-corrected chi connectivity index (χ2v) is 4.80. The Morgan fingerprint density at radius 2 is 2.37 bits per heavy atom. The second-order valence-electron chi connectivity index (χ2n) is 4.80. The summed E-state index contributed by atoms with van der Waals surface area (Å²) in [6.07, 6.45) is 0.190. The van der Waals surface area contributed by atoms with Gasteiger partial charge in [0.05, 0.1) is 12.7 Å². The SMILES string of the molecule is CCN1CCOC(CNCc2ccc(O)c(F)c2)C1. The number of rotatable bonds is 5. The fourth-order valence-corrected chi connectivity index (χ4v) is 2.23. The molecule has 0 saturated carbocycles. The highest BCUT2D eigenvalue weighted by molar-refractivity contribution is 5.27. The summed E-state index contributed by atoms with van der Waals surface area (Å²) in [5.74, 6) is -0.886. The monoisotopic (exact) mass is 268 g/mol. The summed E-state index contributed by atoms with van der Waals surface area (Å²) in [5, 5.41) is 12.4. The van der Waals surface area contributed by atoms with Gasteiger partial charge in [-0.25, -0.2) is 4.39 Å². The van der Waals surface area contributed by atoms with Crippen LogP contribution in [-0.4, -0.2) is 48.9 Å². The molecule has 2 N–H and O–H groups in total. The number of phenols is 1. The van der Waals surface area contributed by atoms with Crippen molar-refractivity contribution in [2.45, 2.75) is 19.6 Å². The lowest BCUT2D eigenvalue weighted by molar-refractivity contribution is -0.0253. The smallest absolute Gasteiger partial charge is 0.165 e. The third-order valence-corrected chi connectivity index (χ3v) is 3.38. The number of nitrogens with zero attached hydrogens (tertiary/aromatic N) is 1. The van der Waals surface area contributed by atoms with E-state index >= 15 is 0 Å². The zero-order valence-corrected chi connectivity index (χ0v) is 11.2. The number of hydrogen-bond donors (Lipinski definition) is 2. The maximum Gasteiger partial charge on any atom is 0.165 e. The molecule has 1 aliphatic heterocycles. The predicted octanol–water partition coefficient (Wildman–Crippen LogP) is 1.34. The fraction of sp³-hybridized carbons (Fsp3) is 0.571. The van der Waals surface area contributed by atoms with E-state index in [-0.39, 0.29) is 11.9 Å². The number of nitrogens with one attached hydrogen (secondary N) is 1. The van der Waals surface area contributed by atoms with Crippen molar-refractivity contribution in [1.82, 2.24) is 10.2 Å². The molecule has 1 unspecified atom stereocenters. The number of aromatic hydroxyl groups is 1. The summed E-state index contributed by atoms with van der Waals surface area (Å²) in [7, 11) is 0. The first-order valence-electron chi connectivity index (χ1n) is 6.71. The Morgan fingerprint density at radius 1 is 1.53 bits per heavy atom. The van der Waals surface area contributed by atoms with Gasteiger partial charge in [0.25, 0.3) is 0 Å². The average molecular weight is 268 g/mol. The third kappa shape index (κ3) is 4.16. The number of benzene rings is 1. The van der Waals surface area contributed by atoms with E-state index in [9.17, 15) is 4.39 Å². The molecule has 1 saturated heterocycles. The molecule has 0 spiro atoms. The van der Waals surface area contributed by atoms with Gasteiger partial charge in [-0.15, -0.1) is 0 Å². The van der Waals surface area contributed by atoms with Gasteiger partial charge in [-0.3, -0.25) is 4.90 Å². The van der Waals surface area contributed by atoms with E-state index < -0.39 is 5.82 Å². The second kappa shape index (κ2) is 6.84. The standard InChI is InChI=1S/C14H21FN2O2/c1-2-17-5-6-19-12(10-17)9-16-8-11-3-4-14(18)13(15)7-11/h3-4,7,12,16,18H,2,5-6,8-10H2,1H3. The van der Waals surface area contributed by atoms with Crippen LogP contribution in [0.15, 0.2) is 18.2 Å². The van der Waals surface area contributed by atoms with Crippen LogP contribution in [0.3, 0.4) is 0 Å². The molecule has 0 aromatic heterocycles. The molecule has 0 radical (unpaired) electrons. The van der Waals surface area contributed by atoms with Crippen molar-refractivity contribution in [3.8, 4) is 5.75 Å². The molecule has 1 aromatic carbocycles. The van der Waals surface area contributed by atoms with Gasteiger partial charge in [0.2, 0.25) is 0 Å². The van der Waals surface area contributed by atoms with E-state index in [1.54, 1.807) is 6.07 Å². The quantitative estimate of drug-likeness (QED) is 0.846. The van der Waals surface area contributed by atoms with Gasteiger partial charge in [-0.1, -0.05) is 13.0 Å². The summed E-state index contributed by atoms with van der Waals surface area (Å²) in [6, 6.07) is 4.44. The third-order valence-electron chi connectivity index (χ3n) is 3.38. The Kier molecular flexibility index (Phi) is 5.13. The first-order valence-corrected chi connectivity index (χ1v) is 6.71. The van der Waals surface area contributed by atoms with Crippen molar-refractivity contribution in [2.24, 2.45) is 0 Å². The Balaban J connectivity index is 1.75. The normalized spacial score (nSPS) is 20.6. The van der Waals surface area contributed by atoms with Crippen LogP contribution in [0.5, 0.6) is 5.75 Å². The molecule has 4 nitrogen and oxygen atoms in total. The van der Waals surface area contributed by atoms with Crippen LogP contribution in [-0.2, 0) is 11.3 Å². The average Bonchev–Trinajstić information content (AvgIpc) is 2.43. The molecular weight excluding hydrogens is 247 g/mol. The van der Waals surface area contributed by atoms with Crippen LogP contribution in [0.4, 0.5) is 4.39 Å². The van der Waals surface area contributed by atoms with Gasteiger partial charge < -0.3 is 15.2 Å². The molecule has 5 heteroatoms. The van der Waals surface area contributed by atoms with Crippen LogP contribution in [0, 0.1) is 5.82 Å². The molecule has 1 aromatic rings. The largest absolute Gasteiger partial charge is 0.505 e. The first-order chi connectivity index (χ1) is 9.19. The maximum absolute atomic E-state index is 13.1. The van der Waals surface area contributed by atoms with Gasteiger partial charge in [0.15, 0.2) is 11.6 Å². The molecule has 0 aliphatic carbocycles. The molecule has 1 aliphatic rings. The zero-order chi connectivity index (χ0) is 13.7. The number of morpholine rings is 1. The summed E-state index contributed by atoms with van der Waals surface area (Å²) in [5.41, 5.74) is 0.818. The summed E-state index contributed by atoms with van der Waals surface area (Å²) in [4.78, 5) is 2.36. The van der Waals surface area contributed by atoms with Crippen molar-refractivity contribution >= 4 is 0 Å². The minimum atomic E-state index is -0.578. The molecule has 1 atom stereocenters. The molecule has 2 rings (SSSR count). The Morgan fingerprint density at radius 3 is 3.11 bits per heavy atom. The summed E-state index contributed by atoms with van der Waals surface area (Å²) in [6.45, 7) is 7.22. The number of halogens is 1. The van der Waals surface area contributed by atoms with Crippen LogP contribution in [0.25, 0.3) is 0 Å². The van der Waals surface area contributed by atoms with E-state index in [0.717, 1.165) is 38.3 Å². The van der Waals surface area contributed by atoms with E-state index in [1.165, 1.54) is 12.1 Å². The van der Waals surface area contributed by atoms with Crippen molar-refractivity contribution in [2.75, 3.05) is 32.8 Å². The number of hydrogen-bond acceptors (Lipinski definition) is 4. The Bertz CT molecular complexity index is 414. The molecule has 0 amide bonds. The number of likely N-dealkylation sites (N-methyl/N-ethyl adjacent to an activating group) is 1. The molecule has 19 heavy (non-hydrogen) atoms. The van der Waals surface area contributed by atoms with Crippen LogP contribution in [0.2, 0.25) is 0 Å². The topological polar surface area (TPSA) is 44.7 Å². The molecule has 1 heterocycles. The lowest BCUT2D eigenvalue weighted by Crippen LogP contribution is -2.46. The highest BCUT2D eigenvalue weighted by atomic mass is 19.1. The molecular formula is C14H21FN2O2. The highest BCUT2D eigenvalue weighted by Gasteiger charge is 2.18. The van der Waals surface area contributed by atoms with E-state index in [2.05, 4.69) is 17.1 Å². The van der Waals surface area contributed by atoms with Crippen molar-refractivity contribution in [3.63, 3.8) is 0 Å². The lowest BCUT2D eigenvalue weighted by Gasteiger charge is -2.32. The Hall–Kier alpha value is -1.17. The molecule has 0 bridgehead atoms. The number of ether oxygens (including phenoxy) is 1. The van der Waals surface area contributed by atoms with Gasteiger partial charge >= 0.3 is 0 Å². The predicted molar refractivity (Wildman–Crippen MR) is 71.6 cm³/mol. The minimum absolute atomic E-state index is 0.190. The maximum atomic E-state index is 13.1. The van der Waals surface area contributed by atoms with Crippen molar-refractivity contribution in [1.29, 1.82) is 0 Å². The minimum Gasteiger partial charge on any atom is -0.505 e. The van der Waals surface area contributed by atoms with Gasteiger partial charge in [0, 0.05) is 26.2 Å². The first kappa shape index (κ1) is 14.2. The van der Waals surface area contributed by atoms with Crippen LogP contribution < -0.4 is 5.32 Å². The zero-order valence-electron chi connectivity index (χ0n) is 11.2. The summed E-state index contributed by atoms with van der Waals surface area (Å²) < 4.78 is 18.8. The van der Waals surface area contributed by atoms with Crippen molar-refractivity contribution in [3.05, 3.63) is 29.6 Å². The van der Waals surface area contributed by atoms with Crippen LogP contribution >= 0.6 is 0 Å². The number of phenolic OH excluding ortho intramolecular Hbond substituents is 1. The van der Waals surface area contributed by atoms with E-state index in [4.69, 9.17) is 9.84 Å². The summed E-state index contributed by atoms with van der Waals surface area (Å²) >= 11 is 0. The van der Waals surface area contributed by atoms with Crippen molar-refractivity contribution < 1.29 is 14.2 Å². The fourth-order valence-electron chi connectivity index (χ4n) is 2.23. The van der Waals surface area contributed by atoms with Gasteiger partial charge in [0.1, 0.15) is 0 Å². The molecule has 106 valence electrons. The lowest BCUT2D eigenvalue weighted by atomic mass is 10.2. The highest BCUT2D eigenvalue weighted by Crippen LogP contribution is 2.16. The van der Waals surface area contributed by atoms with E-state index in [1.807, 2.05) is 0 Å². The van der Waals surface area contributed by atoms with Gasteiger partial charge in [-0.05, 0) is 24.2 Å². The molecule has 1 fully saturated rings. The van der Waals surface area contributed by atoms with Crippen LogP contribution in [0.1, 0.15) is 12.5 Å². The van der Waals surface area contributed by atoms with E-state index in [0.29, 0.717) is 6.54 Å². The Labute approximate surface area is 113 Å². The van der Waals surface area contributed by atoms with Gasteiger partial charge in [-0.2, -0.15) is 0 Å².